The van der Waals surface area contributed by atoms with Gasteiger partial charge in [-0.3, -0.25) is 9.89 Å². The molecule has 0 atom stereocenters. The van der Waals surface area contributed by atoms with E-state index in [4.69, 9.17) is 17.3 Å². The highest BCUT2D eigenvalue weighted by Crippen LogP contribution is 2.25. The van der Waals surface area contributed by atoms with Crippen LogP contribution in [0.15, 0.2) is 29.3 Å². The van der Waals surface area contributed by atoms with Crippen LogP contribution >= 0.6 is 35.6 Å². The van der Waals surface area contributed by atoms with Gasteiger partial charge in [0.15, 0.2) is 5.96 Å². The molecule has 136 valence electrons. The number of hydrogen-bond acceptors (Lipinski definition) is 3. The van der Waals surface area contributed by atoms with Crippen LogP contribution in [0.5, 0.6) is 0 Å². The van der Waals surface area contributed by atoms with Crippen LogP contribution in [-0.4, -0.2) is 56.2 Å². The van der Waals surface area contributed by atoms with Crippen LogP contribution in [0.25, 0.3) is 0 Å². The molecule has 0 radical (unpaired) electrons. The zero-order chi connectivity index (χ0) is 16.7. The van der Waals surface area contributed by atoms with E-state index in [-0.39, 0.29) is 24.0 Å². The Hall–Kier alpha value is -0.730. The van der Waals surface area contributed by atoms with E-state index >= 15 is 0 Å². The average Bonchev–Trinajstić information content (AvgIpc) is 2.52. The number of guanidine groups is 1. The van der Waals surface area contributed by atoms with Crippen molar-refractivity contribution in [3.8, 4) is 0 Å². The molecule has 1 aliphatic rings. The number of rotatable bonds is 6. The van der Waals surface area contributed by atoms with Crippen LogP contribution in [0, 0.1) is 0 Å². The van der Waals surface area contributed by atoms with Gasteiger partial charge in [-0.05, 0) is 32.4 Å². The Morgan fingerprint density at radius 2 is 1.92 bits per heavy atom. The predicted molar refractivity (Wildman–Crippen MR) is 115 cm³/mol. The van der Waals surface area contributed by atoms with Crippen LogP contribution in [0.1, 0.15) is 20.3 Å². The molecule has 2 rings (SSSR count). The molecule has 24 heavy (non-hydrogen) atoms. The highest BCUT2D eigenvalue weighted by atomic mass is 127. The van der Waals surface area contributed by atoms with Gasteiger partial charge in [0.1, 0.15) is 0 Å². The summed E-state index contributed by atoms with van der Waals surface area (Å²) in [5, 5.41) is 3.94. The number of nitrogens with one attached hydrogen (secondary N) is 1. The van der Waals surface area contributed by atoms with Crippen LogP contribution in [0.3, 0.4) is 0 Å². The molecule has 0 spiro atoms. The maximum absolute atomic E-state index is 6.27. The van der Waals surface area contributed by atoms with Gasteiger partial charge in [-0.15, -0.1) is 24.0 Å². The first-order valence-electron chi connectivity index (χ1n) is 8.34. The molecule has 1 heterocycles. The van der Waals surface area contributed by atoms with Crippen molar-refractivity contribution in [1.82, 2.24) is 10.2 Å². The monoisotopic (exact) mass is 465 g/mol. The third kappa shape index (κ3) is 7.03. The van der Waals surface area contributed by atoms with Gasteiger partial charge in [-0.1, -0.05) is 23.7 Å². The second-order valence-electron chi connectivity index (χ2n) is 6.20. The second kappa shape index (κ2) is 11.0. The van der Waals surface area contributed by atoms with E-state index in [1.807, 2.05) is 18.2 Å². The van der Waals surface area contributed by atoms with Crippen LogP contribution in [-0.2, 0) is 0 Å². The number of nitrogens with zero attached hydrogens (tertiary/aromatic N) is 3. The fraction of sp³-hybridized carbons (Fsp3) is 0.588. The van der Waals surface area contributed by atoms with Crippen molar-refractivity contribution in [2.75, 3.05) is 44.2 Å². The first-order chi connectivity index (χ1) is 11.1. The van der Waals surface area contributed by atoms with Crippen LogP contribution in [0.4, 0.5) is 5.69 Å². The Labute approximate surface area is 167 Å². The Balaban J connectivity index is 0.00000288. The SMILES string of the molecule is CC(C)NC(N)=NCCCN1CCN(c2ccccc2Cl)CC1.I. The maximum atomic E-state index is 6.27. The summed E-state index contributed by atoms with van der Waals surface area (Å²) in [6.07, 6.45) is 1.03. The van der Waals surface area contributed by atoms with Gasteiger partial charge in [-0.2, -0.15) is 0 Å². The molecule has 0 saturated carbocycles. The smallest absolute Gasteiger partial charge is 0.188 e. The fourth-order valence-electron chi connectivity index (χ4n) is 2.76. The molecule has 1 saturated heterocycles. The third-order valence-electron chi connectivity index (χ3n) is 3.92. The predicted octanol–water partition coefficient (Wildman–Crippen LogP) is 2.78. The molecule has 0 amide bonds. The number of nitrogens with two attached hydrogens (primary N) is 1. The summed E-state index contributed by atoms with van der Waals surface area (Å²) in [6.45, 7) is 10.1. The summed E-state index contributed by atoms with van der Waals surface area (Å²) in [7, 11) is 0. The third-order valence-corrected chi connectivity index (χ3v) is 4.24. The normalized spacial score (nSPS) is 16.2. The lowest BCUT2D eigenvalue weighted by Gasteiger charge is -2.36. The number of halogens is 2. The highest BCUT2D eigenvalue weighted by molar-refractivity contribution is 14.0. The van der Waals surface area contributed by atoms with Crippen molar-refractivity contribution >= 4 is 47.2 Å². The van der Waals surface area contributed by atoms with Crippen molar-refractivity contribution in [3.05, 3.63) is 29.3 Å². The van der Waals surface area contributed by atoms with E-state index in [1.54, 1.807) is 0 Å². The van der Waals surface area contributed by atoms with E-state index in [0.29, 0.717) is 12.0 Å². The number of piperazine rings is 1. The molecule has 1 aromatic carbocycles. The first kappa shape index (κ1) is 21.3. The van der Waals surface area contributed by atoms with Gasteiger partial charge < -0.3 is 16.0 Å². The molecule has 5 nitrogen and oxygen atoms in total. The Bertz CT molecular complexity index is 515. The van der Waals surface area contributed by atoms with Crippen LogP contribution < -0.4 is 16.0 Å². The van der Waals surface area contributed by atoms with Crippen molar-refractivity contribution in [1.29, 1.82) is 0 Å². The van der Waals surface area contributed by atoms with Crippen molar-refractivity contribution in [2.45, 2.75) is 26.3 Å². The Kier molecular flexibility index (Phi) is 9.76. The molecule has 3 N–H and O–H groups in total. The minimum Gasteiger partial charge on any atom is -0.370 e. The summed E-state index contributed by atoms with van der Waals surface area (Å²) in [6, 6.07) is 8.40. The van der Waals surface area contributed by atoms with E-state index in [1.165, 1.54) is 0 Å². The van der Waals surface area contributed by atoms with Crippen LogP contribution in [0.2, 0.25) is 5.02 Å². The first-order valence-corrected chi connectivity index (χ1v) is 8.72. The molecular formula is C17H29ClIN5. The Morgan fingerprint density at radius 3 is 2.54 bits per heavy atom. The molecule has 0 unspecified atom stereocenters. The summed E-state index contributed by atoms with van der Waals surface area (Å²) in [5.41, 5.74) is 6.94. The van der Waals surface area contributed by atoms with E-state index in [0.717, 1.165) is 56.4 Å². The highest BCUT2D eigenvalue weighted by Gasteiger charge is 2.18. The second-order valence-corrected chi connectivity index (χ2v) is 6.61. The largest absolute Gasteiger partial charge is 0.370 e. The summed E-state index contributed by atoms with van der Waals surface area (Å²) in [4.78, 5) is 9.20. The molecule has 7 heteroatoms. The standard InChI is InChI=1S/C17H28ClN5.HI/c1-14(2)21-17(19)20-8-5-9-22-10-12-23(13-11-22)16-7-4-3-6-15(16)18;/h3-4,6-7,14H,5,8-13H2,1-2H3,(H3,19,20,21);1H. The van der Waals surface area contributed by atoms with Gasteiger partial charge in [0, 0.05) is 45.3 Å². The van der Waals surface area contributed by atoms with E-state index in [2.05, 4.69) is 40.0 Å². The minimum atomic E-state index is 0. The van der Waals surface area contributed by atoms with Gasteiger partial charge in [0.2, 0.25) is 0 Å². The van der Waals surface area contributed by atoms with Gasteiger partial charge in [0.25, 0.3) is 0 Å². The molecule has 0 aromatic heterocycles. The van der Waals surface area contributed by atoms with E-state index in [9.17, 15) is 0 Å². The fourth-order valence-corrected chi connectivity index (χ4v) is 3.01. The molecule has 1 aromatic rings. The molecule has 1 aliphatic heterocycles. The lowest BCUT2D eigenvalue weighted by Crippen LogP contribution is -2.46. The molecule has 0 bridgehead atoms. The van der Waals surface area contributed by atoms with Crippen molar-refractivity contribution in [3.63, 3.8) is 0 Å². The average molecular weight is 466 g/mol. The number of aliphatic imine (C=N–C) groups is 1. The zero-order valence-corrected chi connectivity index (χ0v) is 17.6. The van der Waals surface area contributed by atoms with Gasteiger partial charge in [-0.25, -0.2) is 0 Å². The van der Waals surface area contributed by atoms with Crippen molar-refractivity contribution < 1.29 is 0 Å². The Morgan fingerprint density at radius 1 is 1.25 bits per heavy atom. The lowest BCUT2D eigenvalue weighted by atomic mass is 10.2. The number of para-hydroxylation sites is 1. The summed E-state index contributed by atoms with van der Waals surface area (Å²) in [5.74, 6) is 0.545. The maximum Gasteiger partial charge on any atom is 0.188 e. The van der Waals surface area contributed by atoms with Gasteiger partial charge in [0.05, 0.1) is 10.7 Å². The minimum absolute atomic E-state index is 0. The number of hydrogen-bond donors (Lipinski definition) is 2. The van der Waals surface area contributed by atoms with Gasteiger partial charge >= 0.3 is 0 Å². The van der Waals surface area contributed by atoms with Crippen molar-refractivity contribution in [2.24, 2.45) is 10.7 Å². The number of anilines is 1. The summed E-state index contributed by atoms with van der Waals surface area (Å²) < 4.78 is 0. The lowest BCUT2D eigenvalue weighted by molar-refractivity contribution is 0.256. The number of benzene rings is 1. The molecular weight excluding hydrogens is 437 g/mol. The zero-order valence-electron chi connectivity index (χ0n) is 14.5. The van der Waals surface area contributed by atoms with E-state index < -0.39 is 0 Å². The molecule has 1 fully saturated rings. The molecule has 0 aliphatic carbocycles. The topological polar surface area (TPSA) is 56.9 Å². The quantitative estimate of drug-likeness (QED) is 0.294. The summed E-state index contributed by atoms with van der Waals surface area (Å²) >= 11 is 6.27.